The van der Waals surface area contributed by atoms with Gasteiger partial charge in [-0.15, -0.1) is 0 Å². The van der Waals surface area contributed by atoms with Gasteiger partial charge in [0.2, 0.25) is 11.9 Å². The highest BCUT2D eigenvalue weighted by Crippen LogP contribution is 2.36. The number of aromatic nitrogens is 1. The zero-order valence-electron chi connectivity index (χ0n) is 17.4. The number of carbonyl (C=O) groups is 1. The highest BCUT2D eigenvalue weighted by molar-refractivity contribution is 7.91. The molecule has 13 heteroatoms. The topological polar surface area (TPSA) is 112 Å². The van der Waals surface area contributed by atoms with Gasteiger partial charge in [0.25, 0.3) is 0 Å². The number of pyridine rings is 1. The van der Waals surface area contributed by atoms with Gasteiger partial charge >= 0.3 is 6.18 Å². The summed E-state index contributed by atoms with van der Waals surface area (Å²) in [6.07, 6.45) is -4.28. The lowest BCUT2D eigenvalue weighted by atomic mass is 10.1. The number of rotatable bonds is 9. The minimum absolute atomic E-state index is 0.321. The lowest BCUT2D eigenvalue weighted by Gasteiger charge is -2.28. The number of alkyl halides is 3. The van der Waals surface area contributed by atoms with Crippen molar-refractivity contribution >= 4 is 15.7 Å². The van der Waals surface area contributed by atoms with Gasteiger partial charge in [0.15, 0.2) is 9.84 Å². The smallest absolute Gasteiger partial charge is 0.338 e. The summed E-state index contributed by atoms with van der Waals surface area (Å²) in [5.74, 6) is -3.92. The Morgan fingerprint density at radius 2 is 1.82 bits per heavy atom. The molecule has 2 N–H and O–H groups in total. The number of halogens is 5. The summed E-state index contributed by atoms with van der Waals surface area (Å²) in [6.45, 7) is 0. The molecule has 34 heavy (non-hydrogen) atoms. The van der Waals surface area contributed by atoms with E-state index in [1.54, 1.807) is 0 Å². The molecule has 1 heterocycles. The molecule has 0 bridgehead atoms. The number of benzene rings is 1. The third-order valence-electron chi connectivity index (χ3n) is 5.22. The highest BCUT2D eigenvalue weighted by Gasteiger charge is 2.47. The minimum Gasteiger partial charge on any atom is -0.338 e. The van der Waals surface area contributed by atoms with E-state index in [1.807, 2.05) is 11.4 Å². The first-order valence-corrected chi connectivity index (χ1v) is 11.7. The largest absolute Gasteiger partial charge is 0.407 e. The van der Waals surface area contributed by atoms with E-state index in [2.05, 4.69) is 10.3 Å². The molecule has 7 nitrogen and oxygen atoms in total. The van der Waals surface area contributed by atoms with Gasteiger partial charge in [-0.1, -0.05) is 18.2 Å². The summed E-state index contributed by atoms with van der Waals surface area (Å²) in [4.78, 5) is 15.8. The Labute approximate surface area is 191 Å². The fraction of sp³-hybridized carbons (Fsp3) is 0.381. The Bertz CT molecular complexity index is 1190. The average molecular weight is 502 g/mol. The summed E-state index contributed by atoms with van der Waals surface area (Å²) in [7, 11) is -4.62. The molecular weight excluding hydrogens is 483 g/mol. The van der Waals surface area contributed by atoms with E-state index in [0.29, 0.717) is 12.8 Å². The van der Waals surface area contributed by atoms with Crippen molar-refractivity contribution in [1.29, 1.82) is 5.26 Å². The molecule has 2 aromatic rings. The van der Waals surface area contributed by atoms with Gasteiger partial charge in [-0.3, -0.25) is 10.1 Å². The molecule has 1 fully saturated rings. The second kappa shape index (κ2) is 9.63. The second-order valence-corrected chi connectivity index (χ2v) is 10.1. The van der Waals surface area contributed by atoms with E-state index in [9.17, 15) is 35.2 Å². The van der Waals surface area contributed by atoms with E-state index >= 15 is 0 Å². The van der Waals surface area contributed by atoms with Gasteiger partial charge in [0.05, 0.1) is 18.2 Å². The molecule has 182 valence electrons. The normalized spacial score (nSPS) is 16.8. The Kier molecular flexibility index (Phi) is 7.23. The molecule has 0 unspecified atom stereocenters. The highest BCUT2D eigenvalue weighted by atomic mass is 32.2. The average Bonchev–Trinajstić information content (AvgIpc) is 3.52. The number of nitriles is 1. The van der Waals surface area contributed by atoms with Crippen LogP contribution in [-0.2, 0) is 20.4 Å². The van der Waals surface area contributed by atoms with E-state index in [1.165, 1.54) is 6.07 Å². The van der Waals surface area contributed by atoms with Crippen molar-refractivity contribution in [2.75, 3.05) is 0 Å². The van der Waals surface area contributed by atoms with E-state index < -0.39 is 73.9 Å². The fourth-order valence-electron chi connectivity index (χ4n) is 3.23. The van der Waals surface area contributed by atoms with Gasteiger partial charge < -0.3 is 5.32 Å². The lowest BCUT2D eigenvalue weighted by molar-refractivity contribution is -0.158. The first kappa shape index (κ1) is 25.5. The zero-order chi connectivity index (χ0) is 25.1. The number of amides is 1. The predicted molar refractivity (Wildman–Crippen MR) is 109 cm³/mol. The van der Waals surface area contributed by atoms with Crippen molar-refractivity contribution in [3.63, 3.8) is 0 Å². The summed E-state index contributed by atoms with van der Waals surface area (Å²) in [5, 5.41) is 11.3. The molecule has 1 aromatic heterocycles. The van der Waals surface area contributed by atoms with Crippen LogP contribution < -0.4 is 10.6 Å². The molecule has 3 rings (SSSR count). The van der Waals surface area contributed by atoms with Crippen LogP contribution in [0.2, 0.25) is 0 Å². The third-order valence-corrected chi connectivity index (χ3v) is 7.11. The standard InChI is InChI=1S/C21H19F5N4O3S/c22-15-5-3-13(4-6-15)18(21(24,25)26)29-17(10-16(31)30-20(12-27)7-8-20)34(32,33)11-14-2-1-9-28-19(14)23/h1-6,9,17-18,29H,7-8,10-11H2,(H,30,31)/t17-,18+/m1/s1. The number of nitrogens with zero attached hydrogens (tertiary/aromatic N) is 2. The van der Waals surface area contributed by atoms with Gasteiger partial charge in [-0.2, -0.15) is 22.8 Å². The molecule has 1 amide bonds. The maximum Gasteiger partial charge on any atom is 0.407 e. The van der Waals surface area contributed by atoms with Gasteiger partial charge in [-0.05, 0) is 36.6 Å². The maximum atomic E-state index is 14.0. The fourth-order valence-corrected chi connectivity index (χ4v) is 4.83. The molecule has 0 radical (unpaired) electrons. The van der Waals surface area contributed by atoms with E-state index in [4.69, 9.17) is 5.26 Å². The SMILES string of the molecule is N#CC1(NC(=O)C[C@H](N[C@@H](c2ccc(F)cc2)C(F)(F)F)S(=O)(=O)Cc2cccnc2F)CC1. The van der Waals surface area contributed by atoms with Gasteiger partial charge in [0.1, 0.15) is 22.8 Å². The number of hydrogen-bond donors (Lipinski definition) is 2. The Morgan fingerprint density at radius 1 is 1.18 bits per heavy atom. The molecule has 1 aliphatic carbocycles. The van der Waals surface area contributed by atoms with Crippen molar-refractivity contribution < 1.29 is 35.2 Å². The second-order valence-electron chi connectivity index (χ2n) is 7.89. The third kappa shape index (κ3) is 6.27. The summed E-state index contributed by atoms with van der Waals surface area (Å²) in [5.41, 5.74) is -2.06. The van der Waals surface area contributed by atoms with Crippen LogP contribution in [0.15, 0.2) is 42.6 Å². The molecule has 2 atom stereocenters. The zero-order valence-corrected chi connectivity index (χ0v) is 18.3. The van der Waals surface area contributed by atoms with Crippen molar-refractivity contribution in [3.05, 3.63) is 65.5 Å². The molecular formula is C21H19F5N4O3S. The molecule has 0 spiro atoms. The number of carbonyl (C=O) groups excluding carboxylic acids is 1. The number of nitrogens with one attached hydrogen (secondary N) is 2. The summed E-state index contributed by atoms with van der Waals surface area (Å²) < 4.78 is 94.9. The molecule has 0 aliphatic heterocycles. The summed E-state index contributed by atoms with van der Waals surface area (Å²) >= 11 is 0. The molecule has 1 aromatic carbocycles. The van der Waals surface area contributed by atoms with Crippen molar-refractivity contribution in [1.82, 2.24) is 15.6 Å². The Morgan fingerprint density at radius 3 is 2.35 bits per heavy atom. The van der Waals surface area contributed by atoms with Gasteiger partial charge in [0, 0.05) is 11.8 Å². The van der Waals surface area contributed by atoms with Gasteiger partial charge in [-0.25, -0.2) is 17.8 Å². The van der Waals surface area contributed by atoms with E-state index in [-0.39, 0.29) is 0 Å². The summed E-state index contributed by atoms with van der Waals surface area (Å²) in [6, 6.07) is 4.87. The number of sulfone groups is 1. The molecule has 1 aliphatic rings. The Balaban J connectivity index is 1.93. The van der Waals surface area contributed by atoms with Crippen molar-refractivity contribution in [2.24, 2.45) is 0 Å². The monoisotopic (exact) mass is 502 g/mol. The maximum absolute atomic E-state index is 14.0. The van der Waals surface area contributed by atoms with Crippen LogP contribution in [0.3, 0.4) is 0 Å². The van der Waals surface area contributed by atoms with Crippen LogP contribution in [0.5, 0.6) is 0 Å². The molecule has 0 saturated heterocycles. The van der Waals surface area contributed by atoms with Crippen LogP contribution in [0.1, 0.15) is 36.4 Å². The van der Waals surface area contributed by atoms with Crippen LogP contribution in [-0.4, -0.2) is 36.4 Å². The minimum atomic E-state index is -5.02. The van der Waals surface area contributed by atoms with Crippen molar-refractivity contribution in [3.8, 4) is 6.07 Å². The first-order valence-electron chi connectivity index (χ1n) is 9.97. The Hall–Kier alpha value is -3.11. The van der Waals surface area contributed by atoms with Crippen molar-refractivity contribution in [2.45, 2.75) is 48.1 Å². The predicted octanol–water partition coefficient (Wildman–Crippen LogP) is 3.06. The van der Waals surface area contributed by atoms with Crippen LogP contribution in [0.25, 0.3) is 0 Å². The van der Waals surface area contributed by atoms with Crippen LogP contribution in [0.4, 0.5) is 22.0 Å². The number of hydrogen-bond acceptors (Lipinski definition) is 6. The lowest BCUT2D eigenvalue weighted by Crippen LogP contribution is -2.48. The van der Waals surface area contributed by atoms with Crippen LogP contribution in [0, 0.1) is 23.1 Å². The molecule has 1 saturated carbocycles. The van der Waals surface area contributed by atoms with E-state index in [0.717, 1.165) is 36.5 Å². The quantitative estimate of drug-likeness (QED) is 0.403. The first-order chi connectivity index (χ1) is 15.8. The van der Waals surface area contributed by atoms with Crippen LogP contribution >= 0.6 is 0 Å².